The molecule has 39 heavy (non-hydrogen) atoms. The fourth-order valence-electron chi connectivity index (χ4n) is 5.50. The molecule has 0 saturated carbocycles. The lowest BCUT2D eigenvalue weighted by atomic mass is 9.85. The van der Waals surface area contributed by atoms with Crippen molar-refractivity contribution in [1.29, 1.82) is 0 Å². The van der Waals surface area contributed by atoms with E-state index in [9.17, 15) is 22.8 Å². The molecule has 1 aromatic carbocycles. The van der Waals surface area contributed by atoms with Crippen LogP contribution in [0.25, 0.3) is 10.9 Å². The van der Waals surface area contributed by atoms with Crippen molar-refractivity contribution >= 4 is 44.3 Å². The SMILES string of the molecule is CN[C@H](C)C(=O)N[C@H](C(=O)N1CC[C@@H]2[C@H]1[C@@H](C(=O)Nc1cnc3ccccc3c1)CN2S(C)(=O)=O)C(C)(C)C. The topological polar surface area (TPSA) is 141 Å². The lowest BCUT2D eigenvalue weighted by Crippen LogP contribution is -2.59. The van der Waals surface area contributed by atoms with Gasteiger partial charge in [0.15, 0.2) is 0 Å². The first-order valence-corrected chi connectivity index (χ1v) is 15.0. The number of pyridine rings is 1. The summed E-state index contributed by atoms with van der Waals surface area (Å²) in [5, 5.41) is 9.50. The number of likely N-dealkylation sites (tertiary alicyclic amines) is 1. The third-order valence-corrected chi connectivity index (χ3v) is 8.98. The van der Waals surface area contributed by atoms with E-state index >= 15 is 0 Å². The van der Waals surface area contributed by atoms with Crippen LogP contribution in [0.15, 0.2) is 36.5 Å². The van der Waals surface area contributed by atoms with Gasteiger partial charge in [-0.05, 0) is 37.9 Å². The monoisotopic (exact) mass is 558 g/mol. The van der Waals surface area contributed by atoms with Crippen LogP contribution in [0.5, 0.6) is 0 Å². The van der Waals surface area contributed by atoms with Gasteiger partial charge in [-0.15, -0.1) is 0 Å². The van der Waals surface area contributed by atoms with Gasteiger partial charge in [-0.1, -0.05) is 39.0 Å². The van der Waals surface area contributed by atoms with Crippen LogP contribution in [0.2, 0.25) is 0 Å². The Balaban J connectivity index is 1.63. The van der Waals surface area contributed by atoms with E-state index in [2.05, 4.69) is 20.9 Å². The smallest absolute Gasteiger partial charge is 0.246 e. The largest absolute Gasteiger partial charge is 0.342 e. The number of sulfonamides is 1. The molecule has 0 radical (unpaired) electrons. The number of fused-ring (bicyclic) bond motifs is 2. The summed E-state index contributed by atoms with van der Waals surface area (Å²) in [6.07, 6.45) is 3.09. The molecule has 2 aromatic rings. The number of nitrogens with zero attached hydrogens (tertiary/aromatic N) is 3. The summed E-state index contributed by atoms with van der Waals surface area (Å²) in [6.45, 7) is 7.54. The molecule has 2 aliphatic heterocycles. The van der Waals surface area contributed by atoms with Crippen LogP contribution in [0, 0.1) is 11.3 Å². The molecule has 0 aliphatic carbocycles. The van der Waals surface area contributed by atoms with Crippen LogP contribution < -0.4 is 16.0 Å². The Hall–Kier alpha value is -3.09. The number of hydrogen-bond donors (Lipinski definition) is 3. The van der Waals surface area contributed by atoms with Gasteiger partial charge in [-0.2, -0.15) is 4.31 Å². The Morgan fingerprint density at radius 3 is 2.49 bits per heavy atom. The second-order valence-electron chi connectivity index (χ2n) is 11.5. The zero-order valence-electron chi connectivity index (χ0n) is 23.3. The summed E-state index contributed by atoms with van der Waals surface area (Å²) in [5.74, 6) is -1.82. The highest BCUT2D eigenvalue weighted by molar-refractivity contribution is 7.88. The van der Waals surface area contributed by atoms with Gasteiger partial charge in [0.25, 0.3) is 0 Å². The van der Waals surface area contributed by atoms with E-state index in [1.54, 1.807) is 25.1 Å². The van der Waals surface area contributed by atoms with Crippen LogP contribution in [-0.2, 0) is 24.4 Å². The number of nitrogens with one attached hydrogen (secondary N) is 3. The number of para-hydroxylation sites is 1. The van der Waals surface area contributed by atoms with Gasteiger partial charge < -0.3 is 20.9 Å². The van der Waals surface area contributed by atoms with Crippen molar-refractivity contribution in [2.75, 3.05) is 31.7 Å². The molecule has 3 amide bonds. The maximum Gasteiger partial charge on any atom is 0.246 e. The van der Waals surface area contributed by atoms with Gasteiger partial charge in [0.2, 0.25) is 27.7 Å². The average molecular weight is 559 g/mol. The molecule has 2 fully saturated rings. The molecule has 0 unspecified atom stereocenters. The minimum Gasteiger partial charge on any atom is -0.342 e. The van der Waals surface area contributed by atoms with E-state index in [0.29, 0.717) is 12.1 Å². The molecule has 3 heterocycles. The molecular weight excluding hydrogens is 520 g/mol. The van der Waals surface area contributed by atoms with Crippen LogP contribution in [0.1, 0.15) is 34.1 Å². The van der Waals surface area contributed by atoms with Crippen molar-refractivity contribution in [2.24, 2.45) is 11.3 Å². The minimum absolute atomic E-state index is 0.0336. The Kier molecular flexibility index (Phi) is 8.02. The Labute approximate surface area is 229 Å². The summed E-state index contributed by atoms with van der Waals surface area (Å²) < 4.78 is 26.7. The molecule has 11 nitrogen and oxygen atoms in total. The molecular formula is C27H38N6O5S. The van der Waals surface area contributed by atoms with Crippen molar-refractivity contribution in [3.8, 4) is 0 Å². The zero-order valence-corrected chi connectivity index (χ0v) is 24.1. The zero-order chi connectivity index (χ0) is 28.7. The van der Waals surface area contributed by atoms with Crippen LogP contribution in [0.4, 0.5) is 5.69 Å². The van der Waals surface area contributed by atoms with E-state index in [4.69, 9.17) is 0 Å². The standard InChI is InChI=1S/C27H38N6O5S/c1-16(28-5)24(34)31-23(27(2,3)4)26(36)32-12-11-21-22(32)19(15-33(21)39(6,37)38)25(35)30-18-13-17-9-7-8-10-20(17)29-14-18/h7-10,13-14,16,19,21-23,28H,11-12,15H2,1-6H3,(H,30,35)(H,31,34)/t16-,19+,21-,22-,23-/m1/s1. The first kappa shape index (κ1) is 28.9. The van der Waals surface area contributed by atoms with Gasteiger partial charge in [0, 0.05) is 24.5 Å². The maximum absolute atomic E-state index is 14.0. The van der Waals surface area contributed by atoms with Crippen LogP contribution in [-0.4, -0.2) is 90.9 Å². The molecule has 5 atom stereocenters. The predicted octanol–water partition coefficient (Wildman–Crippen LogP) is 1.17. The van der Waals surface area contributed by atoms with E-state index in [1.165, 1.54) is 4.31 Å². The summed E-state index contributed by atoms with van der Waals surface area (Å²) in [7, 11) is -1.97. The number of carbonyl (C=O) groups excluding carboxylic acids is 3. The number of hydrogen-bond acceptors (Lipinski definition) is 7. The molecule has 3 N–H and O–H groups in total. The normalized spacial score (nSPS) is 23.3. The number of likely N-dealkylation sites (N-methyl/N-ethyl adjacent to an activating group) is 1. The maximum atomic E-state index is 14.0. The number of amides is 3. The summed E-state index contributed by atoms with van der Waals surface area (Å²) in [5.41, 5.74) is 0.655. The van der Waals surface area contributed by atoms with Crippen LogP contribution in [0.3, 0.4) is 0 Å². The Morgan fingerprint density at radius 1 is 1.15 bits per heavy atom. The minimum atomic E-state index is -3.63. The quantitative estimate of drug-likeness (QED) is 0.463. The van der Waals surface area contributed by atoms with Crippen molar-refractivity contribution in [3.63, 3.8) is 0 Å². The van der Waals surface area contributed by atoms with Crippen molar-refractivity contribution in [1.82, 2.24) is 24.8 Å². The lowest BCUT2D eigenvalue weighted by molar-refractivity contribution is -0.141. The highest BCUT2D eigenvalue weighted by atomic mass is 32.2. The fourth-order valence-corrected chi connectivity index (χ4v) is 6.65. The highest BCUT2D eigenvalue weighted by Gasteiger charge is 2.56. The highest BCUT2D eigenvalue weighted by Crippen LogP contribution is 2.39. The molecule has 4 rings (SSSR count). The third kappa shape index (κ3) is 5.92. The van der Waals surface area contributed by atoms with Gasteiger partial charge in [-0.3, -0.25) is 19.4 Å². The molecule has 212 valence electrons. The third-order valence-electron chi connectivity index (χ3n) is 7.71. The van der Waals surface area contributed by atoms with Crippen LogP contribution >= 0.6 is 0 Å². The number of anilines is 1. The first-order valence-electron chi connectivity index (χ1n) is 13.1. The lowest BCUT2D eigenvalue weighted by Gasteiger charge is -2.37. The average Bonchev–Trinajstić information content (AvgIpc) is 3.46. The number of aromatic nitrogens is 1. The molecule has 2 aliphatic rings. The van der Waals surface area contributed by atoms with E-state index in [0.717, 1.165) is 17.2 Å². The molecule has 0 spiro atoms. The second kappa shape index (κ2) is 10.8. The number of carbonyl (C=O) groups is 3. The van der Waals surface area contributed by atoms with Gasteiger partial charge in [-0.25, -0.2) is 8.42 Å². The molecule has 12 heteroatoms. The van der Waals surface area contributed by atoms with E-state index in [1.807, 2.05) is 51.1 Å². The molecule has 0 bridgehead atoms. The van der Waals surface area contributed by atoms with E-state index < -0.39 is 45.5 Å². The van der Waals surface area contributed by atoms with Crippen molar-refractivity contribution < 1.29 is 22.8 Å². The predicted molar refractivity (Wildman–Crippen MR) is 149 cm³/mol. The van der Waals surface area contributed by atoms with Gasteiger partial charge in [0.05, 0.1) is 41.7 Å². The van der Waals surface area contributed by atoms with Gasteiger partial charge >= 0.3 is 0 Å². The Bertz CT molecular complexity index is 1370. The summed E-state index contributed by atoms with van der Waals surface area (Å²) >= 11 is 0. The second-order valence-corrected chi connectivity index (χ2v) is 13.5. The number of rotatable bonds is 7. The fraction of sp³-hybridized carbons (Fsp3) is 0.556. The summed E-state index contributed by atoms with van der Waals surface area (Å²) in [6, 6.07) is 6.78. The summed E-state index contributed by atoms with van der Waals surface area (Å²) in [4.78, 5) is 46.3. The van der Waals surface area contributed by atoms with Crippen molar-refractivity contribution in [3.05, 3.63) is 36.5 Å². The van der Waals surface area contributed by atoms with Gasteiger partial charge in [0.1, 0.15) is 6.04 Å². The van der Waals surface area contributed by atoms with Crippen molar-refractivity contribution in [2.45, 2.75) is 58.3 Å². The molecule has 1 aromatic heterocycles. The molecule has 2 saturated heterocycles. The first-order chi connectivity index (χ1) is 18.2. The number of benzene rings is 1. The van der Waals surface area contributed by atoms with E-state index in [-0.39, 0.29) is 30.8 Å². The Morgan fingerprint density at radius 2 is 1.85 bits per heavy atom.